The van der Waals surface area contributed by atoms with Crippen LogP contribution in [0.25, 0.3) is 99.9 Å². The quantitative estimate of drug-likeness (QED) is 0.163. The van der Waals surface area contributed by atoms with Crippen molar-refractivity contribution in [2.24, 2.45) is 0 Å². The van der Waals surface area contributed by atoms with E-state index in [4.69, 9.17) is 19.9 Å². The summed E-state index contributed by atoms with van der Waals surface area (Å²) in [6.07, 6.45) is 3.74. The average molecular weight is 689 g/mol. The Balaban J connectivity index is 1.20. The van der Waals surface area contributed by atoms with E-state index in [2.05, 4.69) is 140 Å². The van der Waals surface area contributed by atoms with Crippen molar-refractivity contribution in [3.63, 3.8) is 0 Å². The van der Waals surface area contributed by atoms with Gasteiger partial charge in [0.05, 0.1) is 22.6 Å². The van der Waals surface area contributed by atoms with Gasteiger partial charge in [0.1, 0.15) is 0 Å². The van der Waals surface area contributed by atoms with Crippen LogP contribution < -0.4 is 0 Å². The van der Waals surface area contributed by atoms with Crippen molar-refractivity contribution in [3.8, 4) is 67.4 Å². The lowest BCUT2D eigenvalue weighted by Gasteiger charge is -2.18. The van der Waals surface area contributed by atoms with Gasteiger partial charge in [0.15, 0.2) is 5.82 Å². The molecule has 0 aliphatic carbocycles. The molecule has 0 fully saturated rings. The second-order valence-corrected chi connectivity index (χ2v) is 13.4. The van der Waals surface area contributed by atoms with E-state index in [0.29, 0.717) is 5.82 Å². The Morgan fingerprint density at radius 3 is 1.63 bits per heavy atom. The Kier molecular flexibility index (Phi) is 7.77. The molecule has 0 unspecified atom stereocenters. The first kappa shape index (κ1) is 31.4. The van der Waals surface area contributed by atoms with Gasteiger partial charge in [0.25, 0.3) is 0 Å². The number of hydrogen-bond acceptors (Lipinski definition) is 4. The van der Waals surface area contributed by atoms with Crippen LogP contribution in [0.2, 0.25) is 0 Å². The molecule has 0 saturated heterocycles. The number of pyridine rings is 2. The highest BCUT2D eigenvalue weighted by Crippen LogP contribution is 2.44. The van der Waals surface area contributed by atoms with Crippen molar-refractivity contribution in [3.05, 3.63) is 194 Å². The molecule has 4 nitrogen and oxygen atoms in total. The third-order valence-electron chi connectivity index (χ3n) is 10.2. The molecule has 54 heavy (non-hydrogen) atoms. The number of fused-ring (bicyclic) bond motifs is 3. The van der Waals surface area contributed by atoms with Crippen LogP contribution in [0.4, 0.5) is 0 Å². The summed E-state index contributed by atoms with van der Waals surface area (Å²) in [4.78, 5) is 20.1. The molecule has 0 saturated carbocycles. The molecule has 0 radical (unpaired) electrons. The molecule has 0 atom stereocenters. The third-order valence-corrected chi connectivity index (χ3v) is 10.2. The second kappa shape index (κ2) is 13.4. The average Bonchev–Trinajstić information content (AvgIpc) is 3.26. The number of benzene rings is 7. The summed E-state index contributed by atoms with van der Waals surface area (Å²) in [7, 11) is 0. The van der Waals surface area contributed by atoms with Crippen LogP contribution in [0.3, 0.4) is 0 Å². The van der Waals surface area contributed by atoms with Crippen molar-refractivity contribution in [2.75, 3.05) is 0 Å². The summed E-state index contributed by atoms with van der Waals surface area (Å²) in [5, 5.41) is 5.91. The molecule has 10 aromatic rings. The molecule has 0 N–H and O–H groups in total. The van der Waals surface area contributed by atoms with Crippen LogP contribution in [0.5, 0.6) is 0 Å². The Hall–Kier alpha value is -7.30. The first-order valence-electron chi connectivity index (χ1n) is 18.1. The van der Waals surface area contributed by atoms with Crippen LogP contribution in [0.15, 0.2) is 194 Å². The van der Waals surface area contributed by atoms with E-state index < -0.39 is 0 Å². The molecule has 0 amide bonds. The van der Waals surface area contributed by atoms with Crippen molar-refractivity contribution >= 4 is 32.4 Å². The summed E-state index contributed by atoms with van der Waals surface area (Å²) in [6.45, 7) is 0. The van der Waals surface area contributed by atoms with Crippen LogP contribution in [0, 0.1) is 0 Å². The Morgan fingerprint density at radius 1 is 0.333 bits per heavy atom. The van der Waals surface area contributed by atoms with Gasteiger partial charge in [-0.05, 0) is 80.2 Å². The summed E-state index contributed by atoms with van der Waals surface area (Å²) >= 11 is 0. The zero-order chi connectivity index (χ0) is 35.8. The fourth-order valence-corrected chi connectivity index (χ4v) is 7.69. The Labute approximate surface area is 313 Å². The molecular weight excluding hydrogens is 657 g/mol. The van der Waals surface area contributed by atoms with E-state index in [1.54, 1.807) is 0 Å². The first-order chi connectivity index (χ1) is 26.8. The SMILES string of the molecule is c1ccc(-c2c3ccccc3c(-c3cccc(-c4nc(-c5cnc6ccccc6c5)cc(-c5ccccc5-c5ccccn5)n4)c3)c3ccccc23)cc1. The van der Waals surface area contributed by atoms with E-state index in [-0.39, 0.29) is 0 Å². The lowest BCUT2D eigenvalue weighted by Crippen LogP contribution is -1.98. The molecule has 10 rings (SSSR count). The number of rotatable bonds is 6. The molecule has 7 aromatic carbocycles. The number of hydrogen-bond donors (Lipinski definition) is 0. The van der Waals surface area contributed by atoms with Crippen molar-refractivity contribution in [2.45, 2.75) is 0 Å². The van der Waals surface area contributed by atoms with E-state index in [1.807, 2.05) is 54.9 Å². The summed E-state index contributed by atoms with van der Waals surface area (Å²) < 4.78 is 0. The van der Waals surface area contributed by atoms with Crippen LogP contribution in [-0.4, -0.2) is 19.9 Å². The number of aromatic nitrogens is 4. The van der Waals surface area contributed by atoms with Crippen LogP contribution >= 0.6 is 0 Å². The maximum Gasteiger partial charge on any atom is 0.160 e. The fourth-order valence-electron chi connectivity index (χ4n) is 7.69. The molecule has 0 spiro atoms. The van der Waals surface area contributed by atoms with Gasteiger partial charge in [-0.3, -0.25) is 9.97 Å². The number of para-hydroxylation sites is 1. The van der Waals surface area contributed by atoms with Crippen LogP contribution in [-0.2, 0) is 0 Å². The zero-order valence-corrected chi connectivity index (χ0v) is 29.3. The van der Waals surface area contributed by atoms with Crippen molar-refractivity contribution in [1.82, 2.24) is 19.9 Å². The lowest BCUT2D eigenvalue weighted by atomic mass is 9.85. The van der Waals surface area contributed by atoms with Gasteiger partial charge >= 0.3 is 0 Å². The van der Waals surface area contributed by atoms with Gasteiger partial charge in [-0.2, -0.15) is 0 Å². The van der Waals surface area contributed by atoms with Gasteiger partial charge in [0.2, 0.25) is 0 Å². The van der Waals surface area contributed by atoms with Gasteiger partial charge in [-0.15, -0.1) is 0 Å². The molecule has 3 aromatic heterocycles. The molecular formula is C50H32N4. The Bertz CT molecular complexity index is 2940. The Morgan fingerprint density at radius 2 is 0.907 bits per heavy atom. The predicted molar refractivity (Wildman–Crippen MR) is 223 cm³/mol. The standard InChI is InChI=1S/C50H32N4/c1-2-15-33(16-3-1)48-40-22-7-9-24-42(40)49(43-25-10-8-23-41(43)48)35-18-14-19-36(30-35)50-53-46(37-29-34-17-4-11-26-44(34)52-32-37)31-47(54-50)39-21-6-5-20-38(39)45-27-12-13-28-51-45/h1-32H. The minimum atomic E-state index is 0.642. The maximum absolute atomic E-state index is 5.30. The highest BCUT2D eigenvalue weighted by molar-refractivity contribution is 6.21. The van der Waals surface area contributed by atoms with Gasteiger partial charge < -0.3 is 0 Å². The second-order valence-electron chi connectivity index (χ2n) is 13.4. The molecule has 3 heterocycles. The third kappa shape index (κ3) is 5.58. The van der Waals surface area contributed by atoms with Gasteiger partial charge in [-0.1, -0.05) is 146 Å². The molecule has 0 aliphatic rings. The number of nitrogens with zero attached hydrogens (tertiary/aromatic N) is 4. The van der Waals surface area contributed by atoms with Gasteiger partial charge in [0, 0.05) is 40.0 Å². The minimum absolute atomic E-state index is 0.642. The summed E-state index contributed by atoms with van der Waals surface area (Å²) in [5.74, 6) is 0.642. The summed E-state index contributed by atoms with van der Waals surface area (Å²) in [5.41, 5.74) is 12.1. The first-order valence-corrected chi connectivity index (χ1v) is 18.1. The normalized spacial score (nSPS) is 11.3. The fraction of sp³-hybridized carbons (Fsp3) is 0. The zero-order valence-electron chi connectivity index (χ0n) is 29.3. The highest BCUT2D eigenvalue weighted by Gasteiger charge is 2.19. The van der Waals surface area contributed by atoms with E-state index in [0.717, 1.165) is 55.8 Å². The molecule has 4 heteroatoms. The smallest absolute Gasteiger partial charge is 0.160 e. The van der Waals surface area contributed by atoms with Gasteiger partial charge in [-0.25, -0.2) is 9.97 Å². The minimum Gasteiger partial charge on any atom is -0.256 e. The lowest BCUT2D eigenvalue weighted by molar-refractivity contribution is 1.18. The van der Waals surface area contributed by atoms with Crippen molar-refractivity contribution < 1.29 is 0 Å². The molecule has 0 aliphatic heterocycles. The summed E-state index contributed by atoms with van der Waals surface area (Å²) in [6, 6.07) is 63.6. The van der Waals surface area contributed by atoms with Crippen molar-refractivity contribution in [1.29, 1.82) is 0 Å². The largest absolute Gasteiger partial charge is 0.256 e. The maximum atomic E-state index is 5.30. The molecule has 252 valence electrons. The van der Waals surface area contributed by atoms with E-state index in [9.17, 15) is 0 Å². The van der Waals surface area contributed by atoms with E-state index in [1.165, 1.54) is 38.2 Å². The highest BCUT2D eigenvalue weighted by atomic mass is 14.9. The predicted octanol–water partition coefficient (Wildman–Crippen LogP) is 12.7. The van der Waals surface area contributed by atoms with Crippen LogP contribution in [0.1, 0.15) is 0 Å². The molecule has 0 bridgehead atoms. The topological polar surface area (TPSA) is 51.6 Å². The monoisotopic (exact) mass is 688 g/mol. The van der Waals surface area contributed by atoms with E-state index >= 15 is 0 Å².